The molecule has 0 aromatic heterocycles. The number of aliphatic hydroxyl groups is 1. The van der Waals surface area contributed by atoms with Crippen LogP contribution in [0.15, 0.2) is 0 Å². The lowest BCUT2D eigenvalue weighted by atomic mass is 10.0. The molecule has 1 aliphatic heterocycles. The third kappa shape index (κ3) is 2.63. The molecule has 1 heterocycles. The van der Waals surface area contributed by atoms with Crippen LogP contribution < -0.4 is 0 Å². The summed E-state index contributed by atoms with van der Waals surface area (Å²) in [4.78, 5) is 12.7. The predicted molar refractivity (Wildman–Crippen MR) is 55.9 cm³/mol. The maximum atomic E-state index is 11.3. The summed E-state index contributed by atoms with van der Waals surface area (Å²) in [7, 11) is 4.61. The third-order valence-corrected chi connectivity index (χ3v) is 2.86. The number of hydrogen-bond acceptors (Lipinski definition) is 5. The van der Waals surface area contributed by atoms with Crippen LogP contribution >= 0.6 is 0 Å². The average molecular weight is 233 g/mol. The second-order valence-corrected chi connectivity index (χ2v) is 3.89. The van der Waals surface area contributed by atoms with E-state index in [0.29, 0.717) is 6.42 Å². The highest BCUT2D eigenvalue weighted by Gasteiger charge is 2.41. The Morgan fingerprint density at radius 1 is 1.50 bits per heavy atom. The van der Waals surface area contributed by atoms with E-state index in [-0.39, 0.29) is 12.1 Å². The van der Waals surface area contributed by atoms with Gasteiger partial charge in [0.15, 0.2) is 6.29 Å². The van der Waals surface area contributed by atoms with Gasteiger partial charge in [-0.25, -0.2) is 4.79 Å². The van der Waals surface area contributed by atoms with Crippen LogP contribution in [-0.4, -0.2) is 61.9 Å². The first-order valence-electron chi connectivity index (χ1n) is 5.18. The molecule has 1 saturated heterocycles. The maximum absolute atomic E-state index is 11.3. The van der Waals surface area contributed by atoms with E-state index in [0.717, 1.165) is 0 Å². The van der Waals surface area contributed by atoms with Crippen LogP contribution in [-0.2, 0) is 14.2 Å². The smallest absolute Gasteiger partial charge is 0.410 e. The highest BCUT2D eigenvalue weighted by atomic mass is 16.7. The molecule has 6 nitrogen and oxygen atoms in total. The first-order valence-corrected chi connectivity index (χ1v) is 5.18. The number of hydrogen-bond donors (Lipinski definition) is 1. The molecule has 1 fully saturated rings. The number of methoxy groups -OCH3 is 2. The van der Waals surface area contributed by atoms with Gasteiger partial charge in [-0.3, -0.25) is 0 Å². The third-order valence-electron chi connectivity index (χ3n) is 2.86. The molecule has 6 heteroatoms. The van der Waals surface area contributed by atoms with E-state index >= 15 is 0 Å². The molecule has 0 spiro atoms. The Kier molecular flexibility index (Phi) is 4.52. The first kappa shape index (κ1) is 13.2. The number of cyclic esters (lactones) is 1. The van der Waals surface area contributed by atoms with Crippen LogP contribution in [0.5, 0.6) is 0 Å². The van der Waals surface area contributed by atoms with Gasteiger partial charge < -0.3 is 24.2 Å². The van der Waals surface area contributed by atoms with E-state index in [1.54, 1.807) is 14.0 Å². The quantitative estimate of drug-likeness (QED) is 0.687. The topological polar surface area (TPSA) is 68.2 Å². The standard InChI is InChI=1S/C10H19NO5/c1-6-9(11(2)10(13)16-6)7(12)5-8(14-3)15-4/h6-9,12H,5H2,1-4H3/t6-,7-,9+/m0/s1. The van der Waals surface area contributed by atoms with Crippen molar-refractivity contribution in [2.24, 2.45) is 0 Å². The molecular weight excluding hydrogens is 214 g/mol. The number of amides is 1. The van der Waals surface area contributed by atoms with E-state index in [1.807, 2.05) is 0 Å². The lowest BCUT2D eigenvalue weighted by Crippen LogP contribution is -2.44. The maximum Gasteiger partial charge on any atom is 0.410 e. The van der Waals surface area contributed by atoms with Gasteiger partial charge in [-0.2, -0.15) is 0 Å². The van der Waals surface area contributed by atoms with E-state index < -0.39 is 18.5 Å². The highest BCUT2D eigenvalue weighted by Crippen LogP contribution is 2.23. The van der Waals surface area contributed by atoms with Crippen molar-refractivity contribution in [1.29, 1.82) is 0 Å². The van der Waals surface area contributed by atoms with Gasteiger partial charge in [0.2, 0.25) is 0 Å². The van der Waals surface area contributed by atoms with Crippen molar-refractivity contribution in [1.82, 2.24) is 4.90 Å². The minimum Gasteiger partial charge on any atom is -0.444 e. The van der Waals surface area contributed by atoms with Crippen LogP contribution in [0.1, 0.15) is 13.3 Å². The molecule has 1 aliphatic rings. The van der Waals surface area contributed by atoms with Gasteiger partial charge in [-0.05, 0) is 6.92 Å². The van der Waals surface area contributed by atoms with Gasteiger partial charge >= 0.3 is 6.09 Å². The summed E-state index contributed by atoms with van der Waals surface area (Å²) >= 11 is 0. The van der Waals surface area contributed by atoms with E-state index in [9.17, 15) is 9.90 Å². The fraction of sp³-hybridized carbons (Fsp3) is 0.900. The Morgan fingerprint density at radius 2 is 2.06 bits per heavy atom. The van der Waals surface area contributed by atoms with Crippen LogP contribution in [0.3, 0.4) is 0 Å². The zero-order chi connectivity index (χ0) is 12.3. The van der Waals surface area contributed by atoms with Gasteiger partial charge in [-0.15, -0.1) is 0 Å². The Hall–Kier alpha value is -0.850. The molecule has 0 aromatic rings. The lowest BCUT2D eigenvalue weighted by Gasteiger charge is -2.27. The van der Waals surface area contributed by atoms with Crippen molar-refractivity contribution in [3.63, 3.8) is 0 Å². The molecule has 16 heavy (non-hydrogen) atoms. The van der Waals surface area contributed by atoms with Crippen molar-refractivity contribution >= 4 is 6.09 Å². The molecule has 1 rings (SSSR count). The van der Waals surface area contributed by atoms with Crippen LogP contribution in [0.4, 0.5) is 4.79 Å². The minimum atomic E-state index is -0.739. The van der Waals surface area contributed by atoms with Gasteiger partial charge in [0, 0.05) is 27.7 Å². The van der Waals surface area contributed by atoms with Crippen LogP contribution in [0.25, 0.3) is 0 Å². The molecule has 1 N–H and O–H groups in total. The summed E-state index contributed by atoms with van der Waals surface area (Å²) in [6.45, 7) is 1.75. The summed E-state index contributed by atoms with van der Waals surface area (Å²) in [5.41, 5.74) is 0. The normalized spacial score (nSPS) is 27.4. The molecule has 3 atom stereocenters. The van der Waals surface area contributed by atoms with Crippen molar-refractivity contribution in [3.05, 3.63) is 0 Å². The molecule has 0 saturated carbocycles. The molecular formula is C10H19NO5. The number of carbonyl (C=O) groups excluding carboxylic acids is 1. The molecule has 0 aromatic carbocycles. The Labute approximate surface area is 95.1 Å². The molecule has 0 aliphatic carbocycles. The van der Waals surface area contributed by atoms with Crippen LogP contribution in [0.2, 0.25) is 0 Å². The fourth-order valence-corrected chi connectivity index (χ4v) is 1.94. The number of rotatable bonds is 5. The second-order valence-electron chi connectivity index (χ2n) is 3.89. The summed E-state index contributed by atoms with van der Waals surface area (Å²) in [6, 6.07) is -0.361. The van der Waals surface area contributed by atoms with Crippen molar-refractivity contribution < 1.29 is 24.1 Å². The molecule has 1 amide bonds. The monoisotopic (exact) mass is 233 g/mol. The number of carbonyl (C=O) groups is 1. The molecule has 0 bridgehead atoms. The highest BCUT2D eigenvalue weighted by molar-refractivity contribution is 5.70. The summed E-state index contributed by atoms with van der Waals surface area (Å²) in [5.74, 6) is 0. The summed E-state index contributed by atoms with van der Waals surface area (Å²) in [5, 5.41) is 10.0. The van der Waals surface area contributed by atoms with Crippen molar-refractivity contribution in [3.8, 4) is 0 Å². The zero-order valence-corrected chi connectivity index (χ0v) is 10.0. The van der Waals surface area contributed by atoms with Crippen molar-refractivity contribution in [2.45, 2.75) is 37.9 Å². The minimum absolute atomic E-state index is 0.295. The first-order chi connectivity index (χ1) is 7.51. The molecule has 0 unspecified atom stereocenters. The Balaban J connectivity index is 2.59. The number of likely N-dealkylation sites (N-methyl/N-ethyl adjacent to an activating group) is 1. The summed E-state index contributed by atoms with van der Waals surface area (Å²) in [6.07, 6.45) is -1.67. The van der Waals surface area contributed by atoms with Crippen LogP contribution in [0, 0.1) is 0 Å². The van der Waals surface area contributed by atoms with E-state index in [4.69, 9.17) is 14.2 Å². The van der Waals surface area contributed by atoms with Gasteiger partial charge in [0.1, 0.15) is 6.10 Å². The lowest BCUT2D eigenvalue weighted by molar-refractivity contribution is -0.128. The number of nitrogens with zero attached hydrogens (tertiary/aromatic N) is 1. The van der Waals surface area contributed by atoms with Gasteiger partial charge in [0.25, 0.3) is 0 Å². The Bertz CT molecular complexity index is 243. The predicted octanol–water partition coefficient (Wildman–Crippen LogP) is 0.195. The van der Waals surface area contributed by atoms with E-state index in [2.05, 4.69) is 0 Å². The van der Waals surface area contributed by atoms with Gasteiger partial charge in [0.05, 0.1) is 12.1 Å². The Morgan fingerprint density at radius 3 is 2.44 bits per heavy atom. The molecule has 0 radical (unpaired) electrons. The number of ether oxygens (including phenoxy) is 3. The van der Waals surface area contributed by atoms with E-state index in [1.165, 1.54) is 19.1 Å². The molecule has 94 valence electrons. The summed E-state index contributed by atoms with van der Waals surface area (Å²) < 4.78 is 15.0. The average Bonchev–Trinajstić information content (AvgIpc) is 2.49. The zero-order valence-electron chi connectivity index (χ0n) is 10.0. The fourth-order valence-electron chi connectivity index (χ4n) is 1.94. The largest absolute Gasteiger partial charge is 0.444 e. The SMILES string of the molecule is COC(C[C@H](O)[C@H]1[C@H](C)OC(=O)N1C)OC. The van der Waals surface area contributed by atoms with Gasteiger partial charge in [-0.1, -0.05) is 0 Å². The van der Waals surface area contributed by atoms with Crippen molar-refractivity contribution in [2.75, 3.05) is 21.3 Å². The second kappa shape index (κ2) is 5.47. The number of aliphatic hydroxyl groups excluding tert-OH is 1.